The van der Waals surface area contributed by atoms with Crippen LogP contribution in [0.4, 0.5) is 0 Å². The topological polar surface area (TPSA) is 38.3 Å². The van der Waals surface area contributed by atoms with Crippen LogP contribution in [0.2, 0.25) is 0 Å². The molecule has 2 saturated heterocycles. The first-order valence-corrected chi connectivity index (χ1v) is 4.17. The lowest BCUT2D eigenvalue weighted by Gasteiger charge is -2.47. The van der Waals surface area contributed by atoms with Gasteiger partial charge >= 0.3 is 0 Å². The Hall–Kier alpha value is -0.410. The Balaban J connectivity index is 1.96. The third-order valence-corrected chi connectivity index (χ3v) is 3.40. The molecule has 1 saturated carbocycles. The Kier molecular flexibility index (Phi) is 0.932. The number of ketones is 1. The summed E-state index contributed by atoms with van der Waals surface area (Å²) in [5.74, 6) is 0.413. The van der Waals surface area contributed by atoms with Gasteiger partial charge in [-0.2, -0.15) is 0 Å². The predicted molar refractivity (Wildman–Crippen MR) is 38.2 cm³/mol. The van der Waals surface area contributed by atoms with Crippen LogP contribution < -0.4 is 5.32 Å². The van der Waals surface area contributed by atoms with E-state index >= 15 is 0 Å². The molecule has 0 bridgehead atoms. The van der Waals surface area contributed by atoms with Crippen LogP contribution in [0.15, 0.2) is 0 Å². The second-order valence-corrected chi connectivity index (χ2v) is 3.94. The fraction of sp³-hybridized carbons (Fsp3) is 0.875. The Morgan fingerprint density at radius 3 is 3.18 bits per heavy atom. The van der Waals surface area contributed by atoms with Crippen molar-refractivity contribution in [3.05, 3.63) is 0 Å². The van der Waals surface area contributed by atoms with Gasteiger partial charge in [0.25, 0.3) is 0 Å². The second kappa shape index (κ2) is 1.67. The monoisotopic (exact) mass is 153 g/mol. The number of rotatable bonds is 0. The van der Waals surface area contributed by atoms with E-state index in [0.29, 0.717) is 17.9 Å². The standard InChI is InChI=1S/C8H11NO2/c10-5-1-6-8(2-5)4-11-3-7(8)9-6/h6-7,9H,1-4H2. The first-order chi connectivity index (χ1) is 5.31. The lowest BCUT2D eigenvalue weighted by molar-refractivity contribution is -0.118. The molecule has 0 aromatic heterocycles. The molecule has 3 fully saturated rings. The highest BCUT2D eigenvalue weighted by molar-refractivity contribution is 5.84. The molecule has 0 amide bonds. The highest BCUT2D eigenvalue weighted by Crippen LogP contribution is 2.49. The molecule has 3 rings (SSSR count). The number of hydrogen-bond acceptors (Lipinski definition) is 3. The normalized spacial score (nSPS) is 53.6. The van der Waals surface area contributed by atoms with Crippen molar-refractivity contribution >= 4 is 5.78 Å². The highest BCUT2D eigenvalue weighted by Gasteiger charge is 2.62. The summed E-state index contributed by atoms with van der Waals surface area (Å²) in [6, 6.07) is 0.932. The van der Waals surface area contributed by atoms with Gasteiger partial charge < -0.3 is 10.1 Å². The second-order valence-electron chi connectivity index (χ2n) is 3.94. The van der Waals surface area contributed by atoms with Crippen LogP contribution >= 0.6 is 0 Å². The van der Waals surface area contributed by atoms with E-state index in [1.54, 1.807) is 0 Å². The molecule has 3 atom stereocenters. The summed E-state index contributed by atoms with van der Waals surface area (Å²) < 4.78 is 5.37. The molecule has 1 aliphatic carbocycles. The molecule has 3 heteroatoms. The van der Waals surface area contributed by atoms with Gasteiger partial charge in [-0.3, -0.25) is 4.79 Å². The number of hydrogen-bond donors (Lipinski definition) is 1. The Bertz CT molecular complexity index is 228. The average molecular weight is 153 g/mol. The van der Waals surface area contributed by atoms with E-state index in [1.807, 2.05) is 0 Å². The van der Waals surface area contributed by atoms with Crippen LogP contribution in [0, 0.1) is 5.41 Å². The summed E-state index contributed by atoms with van der Waals surface area (Å²) in [4.78, 5) is 11.1. The third-order valence-electron chi connectivity index (χ3n) is 3.40. The fourth-order valence-electron chi connectivity index (χ4n) is 2.73. The summed E-state index contributed by atoms with van der Waals surface area (Å²) in [7, 11) is 0. The van der Waals surface area contributed by atoms with Gasteiger partial charge in [-0.05, 0) is 0 Å². The van der Waals surface area contributed by atoms with E-state index in [-0.39, 0.29) is 5.41 Å². The molecule has 0 aromatic rings. The molecule has 2 aliphatic heterocycles. The summed E-state index contributed by atoms with van der Waals surface area (Å²) in [5, 5.41) is 3.38. The zero-order valence-corrected chi connectivity index (χ0v) is 6.30. The number of carbonyl (C=O) groups excluding carboxylic acids is 1. The molecule has 1 N–H and O–H groups in total. The van der Waals surface area contributed by atoms with Crippen LogP contribution in [-0.4, -0.2) is 31.1 Å². The van der Waals surface area contributed by atoms with Gasteiger partial charge in [0.2, 0.25) is 0 Å². The number of Topliss-reactive ketones (excluding diaryl/α,β-unsaturated/α-hetero) is 1. The maximum Gasteiger partial charge on any atom is 0.135 e. The first-order valence-electron chi connectivity index (χ1n) is 4.17. The minimum Gasteiger partial charge on any atom is -0.379 e. The van der Waals surface area contributed by atoms with E-state index in [9.17, 15) is 4.79 Å². The van der Waals surface area contributed by atoms with Gasteiger partial charge in [-0.1, -0.05) is 0 Å². The van der Waals surface area contributed by atoms with E-state index in [0.717, 1.165) is 26.1 Å². The first kappa shape index (κ1) is 6.14. The van der Waals surface area contributed by atoms with Gasteiger partial charge in [-0.15, -0.1) is 0 Å². The summed E-state index contributed by atoms with van der Waals surface area (Å²) in [6.07, 6.45) is 1.50. The number of carbonyl (C=O) groups is 1. The molecule has 0 aromatic carbocycles. The molecule has 2 heterocycles. The predicted octanol–water partition coefficient (Wildman–Crippen LogP) is -0.294. The Labute approximate surface area is 65.1 Å². The lowest BCUT2D eigenvalue weighted by atomic mass is 9.71. The molecular weight excluding hydrogens is 142 g/mol. The smallest absolute Gasteiger partial charge is 0.135 e. The third kappa shape index (κ3) is 0.554. The fourth-order valence-corrected chi connectivity index (χ4v) is 2.73. The van der Waals surface area contributed by atoms with Crippen molar-refractivity contribution in [1.29, 1.82) is 0 Å². The largest absolute Gasteiger partial charge is 0.379 e. The van der Waals surface area contributed by atoms with Crippen LogP contribution in [0.3, 0.4) is 0 Å². The summed E-state index contributed by atoms with van der Waals surface area (Å²) in [5.41, 5.74) is 0.233. The zero-order valence-electron chi connectivity index (χ0n) is 6.30. The molecule has 0 radical (unpaired) electrons. The molecule has 3 unspecified atom stereocenters. The van der Waals surface area contributed by atoms with Crippen molar-refractivity contribution in [3.8, 4) is 0 Å². The van der Waals surface area contributed by atoms with Crippen molar-refractivity contribution in [1.82, 2.24) is 5.32 Å². The van der Waals surface area contributed by atoms with Crippen molar-refractivity contribution in [2.24, 2.45) is 5.41 Å². The zero-order chi connectivity index (χ0) is 7.47. The quantitative estimate of drug-likeness (QED) is 0.519. The Morgan fingerprint density at radius 1 is 1.55 bits per heavy atom. The van der Waals surface area contributed by atoms with Gasteiger partial charge in [0.05, 0.1) is 13.2 Å². The molecule has 60 valence electrons. The Morgan fingerprint density at radius 2 is 2.45 bits per heavy atom. The SMILES string of the molecule is O=C1CC2NC3COCC32C1. The van der Waals surface area contributed by atoms with Crippen LogP contribution in [0.5, 0.6) is 0 Å². The van der Waals surface area contributed by atoms with E-state index in [1.165, 1.54) is 0 Å². The van der Waals surface area contributed by atoms with E-state index in [4.69, 9.17) is 4.74 Å². The van der Waals surface area contributed by atoms with Gasteiger partial charge in [0, 0.05) is 30.3 Å². The van der Waals surface area contributed by atoms with Gasteiger partial charge in [0.1, 0.15) is 5.78 Å². The molecule has 3 nitrogen and oxygen atoms in total. The minimum atomic E-state index is 0.233. The van der Waals surface area contributed by atoms with Crippen molar-refractivity contribution in [2.45, 2.75) is 24.9 Å². The van der Waals surface area contributed by atoms with Crippen molar-refractivity contribution in [3.63, 3.8) is 0 Å². The molecule has 11 heavy (non-hydrogen) atoms. The van der Waals surface area contributed by atoms with Gasteiger partial charge in [-0.25, -0.2) is 0 Å². The van der Waals surface area contributed by atoms with Crippen LogP contribution in [0.25, 0.3) is 0 Å². The number of ether oxygens (including phenoxy) is 1. The number of nitrogens with one attached hydrogen (secondary N) is 1. The minimum absolute atomic E-state index is 0.233. The van der Waals surface area contributed by atoms with E-state index in [2.05, 4.69) is 5.32 Å². The van der Waals surface area contributed by atoms with Gasteiger partial charge in [0.15, 0.2) is 0 Å². The molecule has 3 aliphatic rings. The van der Waals surface area contributed by atoms with Crippen LogP contribution in [0.1, 0.15) is 12.8 Å². The van der Waals surface area contributed by atoms with Crippen molar-refractivity contribution < 1.29 is 9.53 Å². The molecular formula is C8H11NO2. The maximum atomic E-state index is 11.1. The van der Waals surface area contributed by atoms with Crippen molar-refractivity contribution in [2.75, 3.05) is 13.2 Å². The lowest BCUT2D eigenvalue weighted by Crippen LogP contribution is -2.66. The summed E-state index contributed by atoms with van der Waals surface area (Å²) in [6.45, 7) is 1.62. The maximum absolute atomic E-state index is 11.1. The average Bonchev–Trinajstić information content (AvgIpc) is 2.39. The van der Waals surface area contributed by atoms with E-state index < -0.39 is 0 Å². The summed E-state index contributed by atoms with van der Waals surface area (Å²) >= 11 is 0. The highest BCUT2D eigenvalue weighted by atomic mass is 16.5. The van der Waals surface area contributed by atoms with Crippen LogP contribution in [-0.2, 0) is 9.53 Å². The molecule has 1 spiro atoms.